The number of halogens is 1. The molecule has 0 unspecified atom stereocenters. The highest BCUT2D eigenvalue weighted by Crippen LogP contribution is 2.22. The Hall–Kier alpha value is -1.56. The lowest BCUT2D eigenvalue weighted by Crippen LogP contribution is -2.35. The molecule has 114 valence electrons. The molecule has 0 saturated carbocycles. The van der Waals surface area contributed by atoms with E-state index in [-0.39, 0.29) is 18.1 Å². The van der Waals surface area contributed by atoms with E-state index < -0.39 is 5.97 Å². The molecule has 1 heterocycles. The third-order valence-corrected chi connectivity index (χ3v) is 4.18. The van der Waals surface area contributed by atoms with Gasteiger partial charge in [-0.05, 0) is 47.0 Å². The van der Waals surface area contributed by atoms with Gasteiger partial charge in [0.15, 0.2) is 6.61 Å². The minimum absolute atomic E-state index is 0.0447. The molecule has 0 atom stereocenters. The molecule has 6 heteroatoms. The van der Waals surface area contributed by atoms with Gasteiger partial charge in [-0.15, -0.1) is 0 Å². The van der Waals surface area contributed by atoms with Crippen molar-refractivity contribution in [3.63, 3.8) is 0 Å². The van der Waals surface area contributed by atoms with Gasteiger partial charge in [-0.25, -0.2) is 4.79 Å². The molecule has 1 aromatic carbocycles. The van der Waals surface area contributed by atoms with E-state index in [1.54, 1.807) is 12.1 Å². The summed E-state index contributed by atoms with van der Waals surface area (Å²) in [6.07, 6.45) is 4.40. The first-order valence-electron chi connectivity index (χ1n) is 7.01. The van der Waals surface area contributed by atoms with E-state index in [0.29, 0.717) is 10.2 Å². The number of hydrogen-bond donors (Lipinski definition) is 1. The van der Waals surface area contributed by atoms with Crippen molar-refractivity contribution >= 4 is 27.8 Å². The number of benzene rings is 1. The maximum atomic E-state index is 12.1. The maximum Gasteiger partial charge on any atom is 0.336 e. The number of aromatic carboxylic acids is 1. The number of nitrogens with zero attached hydrogens (tertiary/aromatic N) is 1. The highest BCUT2D eigenvalue weighted by atomic mass is 79.9. The van der Waals surface area contributed by atoms with E-state index in [9.17, 15) is 9.59 Å². The van der Waals surface area contributed by atoms with Crippen molar-refractivity contribution in [1.29, 1.82) is 0 Å². The normalized spacial score (nSPS) is 15.4. The molecular weight excluding hydrogens is 338 g/mol. The highest BCUT2D eigenvalue weighted by Gasteiger charge is 2.16. The van der Waals surface area contributed by atoms with Crippen molar-refractivity contribution in [3.8, 4) is 5.75 Å². The molecule has 1 N–H and O–H groups in total. The molecule has 1 saturated heterocycles. The van der Waals surface area contributed by atoms with Crippen LogP contribution < -0.4 is 4.74 Å². The molecule has 2 rings (SSSR count). The minimum atomic E-state index is -1.04. The Morgan fingerprint density at radius 1 is 1.19 bits per heavy atom. The van der Waals surface area contributed by atoms with Crippen LogP contribution in [0.1, 0.15) is 36.0 Å². The Bertz CT molecular complexity index is 524. The topological polar surface area (TPSA) is 66.8 Å². The third-order valence-electron chi connectivity index (χ3n) is 3.49. The SMILES string of the molecule is O=C(O)c1cc(OCC(=O)N2CCCCCC2)ccc1Br. The smallest absolute Gasteiger partial charge is 0.336 e. The predicted octanol–water partition coefficient (Wildman–Crippen LogP) is 2.93. The summed E-state index contributed by atoms with van der Waals surface area (Å²) in [4.78, 5) is 24.9. The Morgan fingerprint density at radius 3 is 2.48 bits per heavy atom. The van der Waals surface area contributed by atoms with Gasteiger partial charge in [-0.2, -0.15) is 0 Å². The summed E-state index contributed by atoms with van der Waals surface area (Å²) < 4.78 is 5.92. The Kier molecular flexibility index (Phi) is 5.61. The summed E-state index contributed by atoms with van der Waals surface area (Å²) in [6.45, 7) is 1.51. The molecule has 0 bridgehead atoms. The van der Waals surface area contributed by atoms with Crippen LogP contribution in [0.2, 0.25) is 0 Å². The molecular formula is C15H18BrNO4. The highest BCUT2D eigenvalue weighted by molar-refractivity contribution is 9.10. The van der Waals surface area contributed by atoms with Gasteiger partial charge >= 0.3 is 5.97 Å². The lowest BCUT2D eigenvalue weighted by Gasteiger charge is -2.20. The number of carbonyl (C=O) groups is 2. The Morgan fingerprint density at radius 2 is 1.86 bits per heavy atom. The van der Waals surface area contributed by atoms with Crippen LogP contribution in [0.3, 0.4) is 0 Å². The van der Waals surface area contributed by atoms with E-state index in [4.69, 9.17) is 9.84 Å². The lowest BCUT2D eigenvalue weighted by atomic mass is 10.2. The van der Waals surface area contributed by atoms with Crippen LogP contribution >= 0.6 is 15.9 Å². The largest absolute Gasteiger partial charge is 0.484 e. The van der Waals surface area contributed by atoms with Crippen LogP contribution in [-0.2, 0) is 4.79 Å². The van der Waals surface area contributed by atoms with Crippen molar-refractivity contribution in [2.75, 3.05) is 19.7 Å². The van der Waals surface area contributed by atoms with Crippen molar-refractivity contribution in [2.24, 2.45) is 0 Å². The standard InChI is InChI=1S/C15H18BrNO4/c16-13-6-5-11(9-12(13)15(19)20)21-10-14(18)17-7-3-1-2-4-8-17/h5-6,9H,1-4,7-8,10H2,(H,19,20). The molecule has 0 aliphatic carbocycles. The van der Waals surface area contributed by atoms with Gasteiger partial charge < -0.3 is 14.7 Å². The average Bonchev–Trinajstić information content (AvgIpc) is 2.75. The zero-order chi connectivity index (χ0) is 15.2. The fourth-order valence-electron chi connectivity index (χ4n) is 2.31. The number of ether oxygens (including phenoxy) is 1. The van der Waals surface area contributed by atoms with Crippen LogP contribution in [0.5, 0.6) is 5.75 Å². The second-order valence-electron chi connectivity index (χ2n) is 5.03. The summed E-state index contributed by atoms with van der Waals surface area (Å²) in [7, 11) is 0. The molecule has 1 aliphatic rings. The molecule has 1 amide bonds. The van der Waals surface area contributed by atoms with Gasteiger partial charge in [-0.3, -0.25) is 4.79 Å². The second kappa shape index (κ2) is 7.45. The van der Waals surface area contributed by atoms with E-state index >= 15 is 0 Å². The number of hydrogen-bond acceptors (Lipinski definition) is 3. The summed E-state index contributed by atoms with van der Waals surface area (Å²) in [6, 6.07) is 4.67. The van der Waals surface area contributed by atoms with E-state index in [1.165, 1.54) is 18.9 Å². The van der Waals surface area contributed by atoms with Crippen LogP contribution in [0, 0.1) is 0 Å². The fraction of sp³-hybridized carbons (Fsp3) is 0.467. The lowest BCUT2D eigenvalue weighted by molar-refractivity contribution is -0.133. The zero-order valence-electron chi connectivity index (χ0n) is 11.7. The first-order chi connectivity index (χ1) is 10.1. The third kappa shape index (κ3) is 4.46. The minimum Gasteiger partial charge on any atom is -0.484 e. The maximum absolute atomic E-state index is 12.1. The fourth-order valence-corrected chi connectivity index (χ4v) is 2.73. The number of amides is 1. The second-order valence-corrected chi connectivity index (χ2v) is 5.88. The molecule has 0 aromatic heterocycles. The van der Waals surface area contributed by atoms with Gasteiger partial charge in [-0.1, -0.05) is 12.8 Å². The Labute approximate surface area is 132 Å². The van der Waals surface area contributed by atoms with Crippen LogP contribution in [-0.4, -0.2) is 41.6 Å². The molecule has 1 aliphatic heterocycles. The van der Waals surface area contributed by atoms with E-state index in [1.807, 2.05) is 4.90 Å². The van der Waals surface area contributed by atoms with Gasteiger partial charge in [0.05, 0.1) is 5.56 Å². The van der Waals surface area contributed by atoms with Gasteiger partial charge in [0, 0.05) is 17.6 Å². The van der Waals surface area contributed by atoms with Crippen molar-refractivity contribution in [2.45, 2.75) is 25.7 Å². The summed E-state index contributed by atoms with van der Waals surface area (Å²) in [5.74, 6) is -0.693. The number of carboxylic acids is 1. The zero-order valence-corrected chi connectivity index (χ0v) is 13.3. The number of rotatable bonds is 4. The van der Waals surface area contributed by atoms with Crippen LogP contribution in [0.15, 0.2) is 22.7 Å². The monoisotopic (exact) mass is 355 g/mol. The number of carbonyl (C=O) groups excluding carboxylic acids is 1. The molecule has 5 nitrogen and oxygen atoms in total. The van der Waals surface area contributed by atoms with Crippen molar-refractivity contribution in [3.05, 3.63) is 28.2 Å². The number of likely N-dealkylation sites (tertiary alicyclic amines) is 1. The molecule has 21 heavy (non-hydrogen) atoms. The summed E-state index contributed by atoms with van der Waals surface area (Å²) in [5.41, 5.74) is 0.120. The molecule has 1 fully saturated rings. The first kappa shape index (κ1) is 15.8. The molecule has 0 radical (unpaired) electrons. The van der Waals surface area contributed by atoms with Crippen molar-refractivity contribution < 1.29 is 19.4 Å². The first-order valence-corrected chi connectivity index (χ1v) is 7.80. The van der Waals surface area contributed by atoms with Gasteiger partial charge in [0.25, 0.3) is 5.91 Å². The van der Waals surface area contributed by atoms with Crippen molar-refractivity contribution in [1.82, 2.24) is 4.90 Å². The molecule has 0 spiro atoms. The van der Waals surface area contributed by atoms with Crippen LogP contribution in [0.4, 0.5) is 0 Å². The predicted molar refractivity (Wildman–Crippen MR) is 81.6 cm³/mol. The molecule has 1 aromatic rings. The van der Waals surface area contributed by atoms with Gasteiger partial charge in [0.1, 0.15) is 5.75 Å². The summed E-state index contributed by atoms with van der Waals surface area (Å²) >= 11 is 3.17. The summed E-state index contributed by atoms with van der Waals surface area (Å²) in [5, 5.41) is 9.04. The Balaban J connectivity index is 1.94. The van der Waals surface area contributed by atoms with Gasteiger partial charge in [0.2, 0.25) is 0 Å². The van der Waals surface area contributed by atoms with E-state index in [2.05, 4.69) is 15.9 Å². The quantitative estimate of drug-likeness (QED) is 0.901. The number of carboxylic acid groups (broad SMARTS) is 1. The van der Waals surface area contributed by atoms with Crippen LogP contribution in [0.25, 0.3) is 0 Å². The average molecular weight is 356 g/mol. The van der Waals surface area contributed by atoms with E-state index in [0.717, 1.165) is 25.9 Å².